The molecule has 25 heavy (non-hydrogen) atoms. The summed E-state index contributed by atoms with van der Waals surface area (Å²) in [6.45, 7) is 0.257. The van der Waals surface area contributed by atoms with Crippen molar-refractivity contribution in [2.45, 2.75) is 12.8 Å². The largest absolute Gasteiger partial charge is 0.451 e. The molecule has 10 heteroatoms. The zero-order valence-corrected chi connectivity index (χ0v) is 12.7. The summed E-state index contributed by atoms with van der Waals surface area (Å²) in [6.07, 6.45) is -0.275. The van der Waals surface area contributed by atoms with Crippen molar-refractivity contribution in [1.29, 1.82) is 0 Å². The first-order valence-corrected chi connectivity index (χ1v) is 6.89. The van der Waals surface area contributed by atoms with Gasteiger partial charge in [-0.15, -0.1) is 0 Å². The van der Waals surface area contributed by atoms with Crippen molar-refractivity contribution in [2.24, 2.45) is 5.73 Å². The molecule has 0 atom stereocenters. The van der Waals surface area contributed by atoms with Crippen molar-refractivity contribution in [2.75, 3.05) is 6.54 Å². The third-order valence-corrected chi connectivity index (χ3v) is 2.69. The molecule has 0 aliphatic heterocycles. The minimum atomic E-state index is -4.66. The van der Waals surface area contributed by atoms with Crippen molar-refractivity contribution in [1.82, 2.24) is 9.97 Å². The van der Waals surface area contributed by atoms with Crippen molar-refractivity contribution >= 4 is 0 Å². The Balaban J connectivity index is 1.97. The van der Waals surface area contributed by atoms with E-state index in [0.29, 0.717) is 5.56 Å². The molecular formula is C15H13F4N3O3. The number of rotatable bonds is 7. The normalized spacial score (nSPS) is 11.7. The van der Waals surface area contributed by atoms with Gasteiger partial charge in [-0.3, -0.25) is 0 Å². The molecular weight excluding hydrogens is 346 g/mol. The summed E-state index contributed by atoms with van der Waals surface area (Å²) in [7, 11) is 0. The second-order valence-electron chi connectivity index (χ2n) is 4.57. The van der Waals surface area contributed by atoms with Crippen LogP contribution in [0.2, 0.25) is 0 Å². The van der Waals surface area contributed by atoms with E-state index in [1.54, 1.807) is 0 Å². The van der Waals surface area contributed by atoms with Gasteiger partial charge in [0.1, 0.15) is 12.9 Å². The molecule has 0 unspecified atom stereocenters. The van der Waals surface area contributed by atoms with Gasteiger partial charge in [-0.2, -0.15) is 18.1 Å². The highest BCUT2D eigenvalue weighted by molar-refractivity contribution is 5.32. The molecule has 0 aliphatic carbocycles. The summed E-state index contributed by atoms with van der Waals surface area (Å²) in [5.41, 5.74) is 5.65. The van der Waals surface area contributed by atoms with Crippen LogP contribution in [0.25, 0.3) is 0 Å². The number of benzene rings is 1. The molecule has 0 amide bonds. The molecule has 0 saturated heterocycles. The van der Waals surface area contributed by atoms with Gasteiger partial charge in [0.15, 0.2) is 17.3 Å². The zero-order valence-electron chi connectivity index (χ0n) is 12.7. The minimum absolute atomic E-state index is 0.0322. The Morgan fingerprint density at radius 2 is 1.88 bits per heavy atom. The Morgan fingerprint density at radius 3 is 2.48 bits per heavy atom. The summed E-state index contributed by atoms with van der Waals surface area (Å²) in [6, 6.07) is 3.93. The van der Waals surface area contributed by atoms with E-state index in [4.69, 9.17) is 15.4 Å². The lowest BCUT2D eigenvalue weighted by Gasteiger charge is -2.09. The Kier molecular flexibility index (Phi) is 6.25. The van der Waals surface area contributed by atoms with Crippen LogP contribution in [-0.4, -0.2) is 16.5 Å². The van der Waals surface area contributed by atoms with Gasteiger partial charge >= 0.3 is 6.18 Å². The number of aromatic nitrogens is 2. The average molecular weight is 359 g/mol. The Labute approximate surface area is 139 Å². The lowest BCUT2D eigenvalue weighted by Crippen LogP contribution is -2.10. The van der Waals surface area contributed by atoms with Crippen LogP contribution in [0.5, 0.6) is 11.5 Å². The smallest absolute Gasteiger partial charge is 0.451 e. The zero-order chi connectivity index (χ0) is 18.3. The number of nitrogens with zero attached hydrogens (tertiary/aromatic N) is 2. The van der Waals surface area contributed by atoms with E-state index in [9.17, 15) is 17.6 Å². The topological polar surface area (TPSA) is 79.5 Å². The third kappa shape index (κ3) is 5.69. The Morgan fingerprint density at radius 1 is 1.16 bits per heavy atom. The summed E-state index contributed by atoms with van der Waals surface area (Å²) in [5.74, 6) is -2.38. The van der Waals surface area contributed by atoms with Gasteiger partial charge in [0, 0.05) is 6.54 Å². The molecule has 2 aromatic rings. The van der Waals surface area contributed by atoms with Gasteiger partial charge in [0.25, 0.3) is 0 Å². The van der Waals surface area contributed by atoms with Crippen LogP contribution >= 0.6 is 0 Å². The van der Waals surface area contributed by atoms with E-state index in [2.05, 4.69) is 14.9 Å². The van der Waals surface area contributed by atoms with Gasteiger partial charge in [-0.25, -0.2) is 14.4 Å². The molecule has 1 aromatic carbocycles. The SMILES string of the molecule is NCC=COOCc1ccc(Oc2cnc(C(F)(F)F)nc2)c(F)c1. The fourth-order valence-corrected chi connectivity index (χ4v) is 1.60. The van der Waals surface area contributed by atoms with Crippen molar-refractivity contribution < 1.29 is 32.1 Å². The second kappa shape index (κ2) is 8.40. The Bertz CT molecular complexity index is 721. The second-order valence-corrected chi connectivity index (χ2v) is 4.57. The lowest BCUT2D eigenvalue weighted by molar-refractivity contribution is -0.259. The summed E-state index contributed by atoms with van der Waals surface area (Å²) in [5, 5.41) is 0. The lowest BCUT2D eigenvalue weighted by atomic mass is 10.2. The van der Waals surface area contributed by atoms with Gasteiger partial charge in [-0.1, -0.05) is 6.07 Å². The Hall–Kier alpha value is -2.72. The van der Waals surface area contributed by atoms with Crippen molar-refractivity contribution in [3.8, 4) is 11.5 Å². The first-order valence-electron chi connectivity index (χ1n) is 6.89. The molecule has 1 heterocycles. The van der Waals surface area contributed by atoms with E-state index in [0.717, 1.165) is 18.5 Å². The number of nitrogens with two attached hydrogens (primary N) is 1. The van der Waals surface area contributed by atoms with Gasteiger partial charge < -0.3 is 15.4 Å². The van der Waals surface area contributed by atoms with Crippen LogP contribution in [0.1, 0.15) is 11.4 Å². The molecule has 2 N–H and O–H groups in total. The first kappa shape index (κ1) is 18.6. The monoisotopic (exact) mass is 359 g/mol. The van der Waals surface area contributed by atoms with Crippen LogP contribution in [0.15, 0.2) is 42.9 Å². The molecule has 134 valence electrons. The van der Waals surface area contributed by atoms with Crippen molar-refractivity contribution in [3.05, 3.63) is 60.1 Å². The maximum atomic E-state index is 14.0. The van der Waals surface area contributed by atoms with Crippen LogP contribution in [0.3, 0.4) is 0 Å². The van der Waals surface area contributed by atoms with E-state index in [-0.39, 0.29) is 24.7 Å². The summed E-state index contributed by atoms with van der Waals surface area (Å²) < 4.78 is 56.2. The van der Waals surface area contributed by atoms with Crippen LogP contribution in [0, 0.1) is 5.82 Å². The van der Waals surface area contributed by atoms with Gasteiger partial charge in [-0.05, 0) is 23.8 Å². The maximum Gasteiger partial charge on any atom is 0.451 e. The van der Waals surface area contributed by atoms with E-state index >= 15 is 0 Å². The standard InChI is InChI=1S/C15H13F4N3O3/c16-12-6-10(9-24-23-5-1-4-20)2-3-13(12)25-11-7-21-14(22-8-11)15(17,18)19/h1-3,5-8H,4,9,20H2. The molecule has 0 fully saturated rings. The highest BCUT2D eigenvalue weighted by atomic mass is 19.4. The molecule has 0 bridgehead atoms. The third-order valence-electron chi connectivity index (χ3n) is 2.69. The average Bonchev–Trinajstić information content (AvgIpc) is 2.57. The fourth-order valence-electron chi connectivity index (χ4n) is 1.60. The predicted molar refractivity (Wildman–Crippen MR) is 77.6 cm³/mol. The number of hydrogen-bond donors (Lipinski definition) is 1. The molecule has 2 rings (SSSR count). The fraction of sp³-hybridized carbons (Fsp3) is 0.200. The van der Waals surface area contributed by atoms with E-state index < -0.39 is 17.8 Å². The van der Waals surface area contributed by atoms with E-state index in [1.807, 2.05) is 0 Å². The number of alkyl halides is 3. The quantitative estimate of drug-likeness (QED) is 0.269. The van der Waals surface area contributed by atoms with E-state index in [1.165, 1.54) is 24.5 Å². The number of hydrogen-bond acceptors (Lipinski definition) is 6. The first-order chi connectivity index (χ1) is 11.9. The molecule has 0 radical (unpaired) electrons. The van der Waals surface area contributed by atoms with Crippen molar-refractivity contribution in [3.63, 3.8) is 0 Å². The van der Waals surface area contributed by atoms with Gasteiger partial charge in [0.2, 0.25) is 5.82 Å². The van der Waals surface area contributed by atoms with Crippen LogP contribution in [-0.2, 0) is 22.6 Å². The maximum absolute atomic E-state index is 14.0. The summed E-state index contributed by atoms with van der Waals surface area (Å²) >= 11 is 0. The molecule has 0 saturated carbocycles. The molecule has 1 aromatic heterocycles. The minimum Gasteiger partial charge on any atom is -0.451 e. The highest BCUT2D eigenvalue weighted by Gasteiger charge is 2.34. The predicted octanol–water partition coefficient (Wildman–Crippen LogP) is 3.35. The number of halogens is 4. The molecule has 0 aliphatic rings. The molecule has 0 spiro atoms. The molecule has 6 nitrogen and oxygen atoms in total. The van der Waals surface area contributed by atoms with Gasteiger partial charge in [0.05, 0.1) is 12.4 Å². The number of ether oxygens (including phenoxy) is 1. The highest BCUT2D eigenvalue weighted by Crippen LogP contribution is 2.28. The van der Waals surface area contributed by atoms with Crippen LogP contribution in [0.4, 0.5) is 17.6 Å². The van der Waals surface area contributed by atoms with Crippen LogP contribution < -0.4 is 10.5 Å². The summed E-state index contributed by atoms with van der Waals surface area (Å²) in [4.78, 5) is 15.7.